The Hall–Kier alpha value is -1.85. The summed E-state index contributed by atoms with van der Waals surface area (Å²) in [5, 5.41) is 7.10. The van der Waals surface area contributed by atoms with Crippen molar-refractivity contribution in [3.63, 3.8) is 0 Å². The highest BCUT2D eigenvalue weighted by molar-refractivity contribution is 6.03. The summed E-state index contributed by atoms with van der Waals surface area (Å²) in [7, 11) is 0. The molecule has 6 heteroatoms. The van der Waals surface area contributed by atoms with Crippen LogP contribution in [0.2, 0.25) is 0 Å². The number of nitrogens with two attached hydrogens (primary N) is 1. The fraction of sp³-hybridized carbons (Fsp3) is 0.333. The molecule has 0 aliphatic rings. The van der Waals surface area contributed by atoms with Gasteiger partial charge in [0.15, 0.2) is 0 Å². The first-order valence-corrected chi connectivity index (χ1v) is 6.86. The van der Waals surface area contributed by atoms with Gasteiger partial charge >= 0.3 is 0 Å². The topological polar surface area (TPSA) is 72.9 Å². The van der Waals surface area contributed by atoms with Gasteiger partial charge in [-0.1, -0.05) is 25.5 Å². The van der Waals surface area contributed by atoms with E-state index in [1.54, 1.807) is 18.3 Å². The lowest BCUT2D eigenvalue weighted by atomic mass is 10.1. The van der Waals surface area contributed by atoms with Gasteiger partial charge in [-0.3, -0.25) is 4.79 Å². The van der Waals surface area contributed by atoms with E-state index in [2.05, 4.69) is 17.3 Å². The summed E-state index contributed by atoms with van der Waals surface area (Å²) in [6, 6.07) is 9.10. The third kappa shape index (κ3) is 4.58. The Kier molecular flexibility index (Phi) is 6.91. The number of amides is 1. The minimum atomic E-state index is -0.133. The Labute approximate surface area is 130 Å². The van der Waals surface area contributed by atoms with E-state index in [0.29, 0.717) is 12.1 Å². The molecule has 114 valence electrons. The molecule has 0 aliphatic carbocycles. The molecule has 5 nitrogen and oxygen atoms in total. The van der Waals surface area contributed by atoms with Crippen LogP contribution in [-0.4, -0.2) is 15.7 Å². The highest BCUT2D eigenvalue weighted by atomic mass is 35.5. The second-order valence-corrected chi connectivity index (χ2v) is 4.65. The zero-order valence-electron chi connectivity index (χ0n) is 12.1. The Morgan fingerprint density at radius 3 is 2.62 bits per heavy atom. The van der Waals surface area contributed by atoms with E-state index in [0.717, 1.165) is 30.8 Å². The number of nitrogens with zero attached hydrogens (tertiary/aromatic N) is 2. The molecular weight excluding hydrogens is 288 g/mol. The number of aryl methyl sites for hydroxylation is 1. The van der Waals surface area contributed by atoms with Crippen LogP contribution in [-0.2, 0) is 13.1 Å². The van der Waals surface area contributed by atoms with E-state index in [9.17, 15) is 4.79 Å². The molecule has 1 aromatic carbocycles. The van der Waals surface area contributed by atoms with Gasteiger partial charge in [-0.15, -0.1) is 12.4 Å². The maximum absolute atomic E-state index is 12.2. The molecular formula is C15H21ClN4O. The van der Waals surface area contributed by atoms with E-state index >= 15 is 0 Å². The zero-order valence-corrected chi connectivity index (χ0v) is 12.9. The number of unbranched alkanes of at least 4 members (excludes halogenated alkanes) is 1. The number of halogens is 1. The minimum absolute atomic E-state index is 0. The van der Waals surface area contributed by atoms with Gasteiger partial charge in [0, 0.05) is 24.7 Å². The van der Waals surface area contributed by atoms with Crippen molar-refractivity contribution in [2.75, 3.05) is 5.32 Å². The number of hydrogen-bond acceptors (Lipinski definition) is 3. The van der Waals surface area contributed by atoms with Crippen LogP contribution >= 0.6 is 12.4 Å². The maximum Gasteiger partial charge on any atom is 0.256 e. The SMILES string of the molecule is CCCCn1nccc1NC(=O)c1ccc(CN)cc1.Cl. The standard InChI is InChI=1S/C15H20N4O.ClH/c1-2-3-10-19-14(8-9-17-19)18-15(20)13-6-4-12(11-16)5-7-13;/h4-9H,2-3,10-11,16H2,1H3,(H,18,20);1H. The summed E-state index contributed by atoms with van der Waals surface area (Å²) in [5.74, 6) is 0.596. The minimum Gasteiger partial charge on any atom is -0.326 e. The van der Waals surface area contributed by atoms with Crippen molar-refractivity contribution in [2.24, 2.45) is 5.73 Å². The molecule has 0 saturated heterocycles. The molecule has 3 N–H and O–H groups in total. The van der Waals surface area contributed by atoms with Crippen LogP contribution in [0.4, 0.5) is 5.82 Å². The van der Waals surface area contributed by atoms with Crippen molar-refractivity contribution in [2.45, 2.75) is 32.9 Å². The number of carbonyl (C=O) groups excluding carboxylic acids is 1. The van der Waals surface area contributed by atoms with Gasteiger partial charge in [-0.25, -0.2) is 4.68 Å². The molecule has 0 unspecified atom stereocenters. The van der Waals surface area contributed by atoms with Gasteiger partial charge in [0.05, 0.1) is 6.20 Å². The predicted octanol–water partition coefficient (Wildman–Crippen LogP) is 2.82. The van der Waals surface area contributed by atoms with Crippen molar-refractivity contribution < 1.29 is 4.79 Å². The molecule has 1 heterocycles. The predicted molar refractivity (Wildman–Crippen MR) is 86.7 cm³/mol. The Bertz CT molecular complexity index is 565. The molecule has 1 amide bonds. The number of carbonyl (C=O) groups is 1. The molecule has 1 aromatic heterocycles. The first kappa shape index (κ1) is 17.2. The monoisotopic (exact) mass is 308 g/mol. The third-order valence-corrected chi connectivity index (χ3v) is 3.13. The molecule has 2 rings (SSSR count). The molecule has 0 radical (unpaired) electrons. The molecule has 21 heavy (non-hydrogen) atoms. The first-order chi connectivity index (χ1) is 9.74. The van der Waals surface area contributed by atoms with E-state index in [4.69, 9.17) is 5.73 Å². The smallest absolute Gasteiger partial charge is 0.256 e. The maximum atomic E-state index is 12.2. The highest BCUT2D eigenvalue weighted by Crippen LogP contribution is 2.11. The third-order valence-electron chi connectivity index (χ3n) is 3.13. The van der Waals surface area contributed by atoms with E-state index in [1.165, 1.54) is 0 Å². The van der Waals surface area contributed by atoms with Crippen LogP contribution in [0.3, 0.4) is 0 Å². The molecule has 2 aromatic rings. The summed E-state index contributed by atoms with van der Waals surface area (Å²) in [4.78, 5) is 12.2. The average Bonchev–Trinajstić information content (AvgIpc) is 2.92. The van der Waals surface area contributed by atoms with Crippen molar-refractivity contribution in [1.29, 1.82) is 0 Å². The second kappa shape index (κ2) is 8.44. The summed E-state index contributed by atoms with van der Waals surface area (Å²) in [6.07, 6.45) is 3.83. The van der Waals surface area contributed by atoms with Gasteiger partial charge < -0.3 is 11.1 Å². The van der Waals surface area contributed by atoms with Gasteiger partial charge in [0.25, 0.3) is 5.91 Å². The fourth-order valence-electron chi connectivity index (χ4n) is 1.91. The molecule has 0 atom stereocenters. The van der Waals surface area contributed by atoms with Gasteiger partial charge in [0.2, 0.25) is 0 Å². The van der Waals surface area contributed by atoms with Crippen molar-refractivity contribution in [3.8, 4) is 0 Å². The van der Waals surface area contributed by atoms with E-state index in [-0.39, 0.29) is 18.3 Å². The van der Waals surface area contributed by atoms with Crippen LogP contribution in [0.5, 0.6) is 0 Å². The van der Waals surface area contributed by atoms with Crippen molar-refractivity contribution in [3.05, 3.63) is 47.7 Å². The lowest BCUT2D eigenvalue weighted by Crippen LogP contribution is -2.16. The lowest BCUT2D eigenvalue weighted by Gasteiger charge is -2.08. The number of benzene rings is 1. The number of hydrogen-bond donors (Lipinski definition) is 2. The summed E-state index contributed by atoms with van der Waals surface area (Å²) < 4.78 is 1.82. The number of rotatable bonds is 6. The number of anilines is 1. The van der Waals surface area contributed by atoms with Crippen molar-refractivity contribution in [1.82, 2.24) is 9.78 Å². The Morgan fingerprint density at radius 1 is 1.29 bits per heavy atom. The molecule has 0 saturated carbocycles. The molecule has 0 aliphatic heterocycles. The Morgan fingerprint density at radius 2 is 2.00 bits per heavy atom. The van der Waals surface area contributed by atoms with Crippen LogP contribution in [0.15, 0.2) is 36.5 Å². The highest BCUT2D eigenvalue weighted by Gasteiger charge is 2.09. The van der Waals surface area contributed by atoms with Crippen LogP contribution in [0.1, 0.15) is 35.7 Å². The average molecular weight is 309 g/mol. The normalized spacial score (nSPS) is 10.0. The van der Waals surface area contributed by atoms with E-state index in [1.807, 2.05) is 22.9 Å². The molecule has 0 fully saturated rings. The van der Waals surface area contributed by atoms with Crippen LogP contribution < -0.4 is 11.1 Å². The van der Waals surface area contributed by atoms with E-state index < -0.39 is 0 Å². The second-order valence-electron chi connectivity index (χ2n) is 4.65. The molecule has 0 spiro atoms. The fourth-order valence-corrected chi connectivity index (χ4v) is 1.91. The van der Waals surface area contributed by atoms with Crippen molar-refractivity contribution >= 4 is 24.1 Å². The zero-order chi connectivity index (χ0) is 14.4. The summed E-state index contributed by atoms with van der Waals surface area (Å²) in [6.45, 7) is 3.41. The van der Waals surface area contributed by atoms with Crippen LogP contribution in [0, 0.1) is 0 Å². The van der Waals surface area contributed by atoms with Crippen LogP contribution in [0.25, 0.3) is 0 Å². The largest absolute Gasteiger partial charge is 0.326 e. The quantitative estimate of drug-likeness (QED) is 0.862. The number of aromatic nitrogens is 2. The van der Waals surface area contributed by atoms with Gasteiger partial charge in [0.1, 0.15) is 5.82 Å². The Balaban J connectivity index is 0.00000220. The van der Waals surface area contributed by atoms with Gasteiger partial charge in [-0.2, -0.15) is 5.10 Å². The summed E-state index contributed by atoms with van der Waals surface area (Å²) in [5.41, 5.74) is 7.16. The first-order valence-electron chi connectivity index (χ1n) is 6.86. The molecule has 0 bridgehead atoms. The lowest BCUT2D eigenvalue weighted by molar-refractivity contribution is 0.102. The number of nitrogens with one attached hydrogen (secondary N) is 1. The summed E-state index contributed by atoms with van der Waals surface area (Å²) >= 11 is 0. The van der Waals surface area contributed by atoms with Gasteiger partial charge in [-0.05, 0) is 24.1 Å².